The van der Waals surface area contributed by atoms with E-state index in [1.54, 1.807) is 12.5 Å². The lowest BCUT2D eigenvalue weighted by atomic mass is 9.60. The van der Waals surface area contributed by atoms with Crippen LogP contribution in [0.15, 0.2) is 140 Å². The van der Waals surface area contributed by atoms with E-state index in [1.165, 1.54) is 55.6 Å². The summed E-state index contributed by atoms with van der Waals surface area (Å²) in [6, 6.07) is 44.8. The lowest BCUT2D eigenvalue weighted by Gasteiger charge is -2.45. The van der Waals surface area contributed by atoms with E-state index >= 15 is 0 Å². The van der Waals surface area contributed by atoms with Crippen LogP contribution < -0.4 is 9.30 Å². The van der Waals surface area contributed by atoms with Gasteiger partial charge in [-0.2, -0.15) is 0 Å². The number of hydrogen-bond acceptors (Lipinski definition) is 4. The molecule has 5 heterocycles. The molecule has 71 heavy (non-hydrogen) atoms. The summed E-state index contributed by atoms with van der Waals surface area (Å²) in [5, 5.41) is 2.21. The zero-order chi connectivity index (χ0) is 49.7. The molecule has 0 fully saturated rings. The summed E-state index contributed by atoms with van der Waals surface area (Å²) in [5.74, 6) is 2.23. The Hall–Kier alpha value is -7.38. The Morgan fingerprint density at radius 3 is 1.86 bits per heavy atom. The van der Waals surface area contributed by atoms with Crippen molar-refractivity contribution in [1.82, 2.24) is 24.1 Å². The SMILES string of the molecule is C[n+]1[c-]n2c3c(cccc31)C1(c3ccc(Oc4cc5c(cc4-c4ccncn4)c4ccccc4n5-c4ccccn4)cc3-2)c2c(cc(C(C)(C)C)cc2C(C)(C)C)-c2cc(C(C)(C)C)cc(C(C)(C)C)c21. The lowest BCUT2D eigenvalue weighted by molar-refractivity contribution is -0.649. The van der Waals surface area contributed by atoms with Crippen LogP contribution in [-0.2, 0) is 34.1 Å². The highest BCUT2D eigenvalue weighted by atomic mass is 16.5. The van der Waals surface area contributed by atoms with Crippen LogP contribution >= 0.6 is 0 Å². The molecule has 0 amide bonds. The van der Waals surface area contributed by atoms with Crippen molar-refractivity contribution in [2.24, 2.45) is 7.05 Å². The first-order chi connectivity index (χ1) is 33.7. The van der Waals surface area contributed by atoms with Crippen molar-refractivity contribution in [3.8, 4) is 45.4 Å². The number of fused-ring (bicyclic) bond motifs is 12. The highest BCUT2D eigenvalue weighted by Gasteiger charge is 2.54. The first-order valence-corrected chi connectivity index (χ1v) is 25.1. The van der Waals surface area contributed by atoms with Gasteiger partial charge in [0.25, 0.3) is 0 Å². The molecule has 4 aromatic heterocycles. The summed E-state index contributed by atoms with van der Waals surface area (Å²) < 4.78 is 14.0. The topological polar surface area (TPSA) is 61.6 Å². The maximum atomic E-state index is 7.34. The van der Waals surface area contributed by atoms with E-state index in [0.29, 0.717) is 11.5 Å². The Morgan fingerprint density at radius 2 is 1.24 bits per heavy atom. The molecule has 0 N–H and O–H groups in total. The van der Waals surface area contributed by atoms with Gasteiger partial charge in [-0.25, -0.2) is 15.0 Å². The van der Waals surface area contributed by atoms with Crippen LogP contribution in [0, 0.1) is 6.33 Å². The molecule has 0 saturated carbocycles. The van der Waals surface area contributed by atoms with Crippen molar-refractivity contribution in [2.45, 2.75) is 110 Å². The van der Waals surface area contributed by atoms with E-state index in [9.17, 15) is 0 Å². The molecule has 7 heteroatoms. The van der Waals surface area contributed by atoms with Gasteiger partial charge in [0.1, 0.15) is 23.6 Å². The fraction of sp³-hybridized carbons (Fsp3) is 0.281. The van der Waals surface area contributed by atoms with Gasteiger partial charge < -0.3 is 13.9 Å². The van der Waals surface area contributed by atoms with Gasteiger partial charge in [0.15, 0.2) is 0 Å². The van der Waals surface area contributed by atoms with Crippen LogP contribution in [0.1, 0.15) is 128 Å². The third kappa shape index (κ3) is 6.61. The summed E-state index contributed by atoms with van der Waals surface area (Å²) in [5.41, 5.74) is 19.1. The van der Waals surface area contributed by atoms with Crippen molar-refractivity contribution in [3.63, 3.8) is 0 Å². The molecule has 0 saturated heterocycles. The number of pyridine rings is 1. The minimum Gasteiger partial charge on any atom is -0.457 e. The quantitative estimate of drug-likeness (QED) is 0.130. The first kappa shape index (κ1) is 44.8. The van der Waals surface area contributed by atoms with Crippen LogP contribution in [0.2, 0.25) is 0 Å². The average Bonchev–Trinajstić information content (AvgIpc) is 3.95. The number of aromatic nitrogens is 6. The molecule has 1 aliphatic heterocycles. The van der Waals surface area contributed by atoms with Crippen molar-refractivity contribution in [1.29, 1.82) is 0 Å². The fourth-order valence-electron chi connectivity index (χ4n) is 11.8. The molecule has 354 valence electrons. The average molecular weight is 931 g/mol. The zero-order valence-corrected chi connectivity index (χ0v) is 43.4. The standard InChI is InChI=1S/C64H62N6O/c1-60(2,3)38-29-43-44-30-39(61(4,5)6)32-49(63(10,11)12)58(44)64(57(43)48(31-38)62(7,8)9)46-25-24-40(33-54(46)69-37-68(13)52-22-18-20-47(64)59(52)69)71-55-35-53-42(34-45(55)50-26-28-65-36-67-50)41-19-14-15-21-51(41)70(53)56-23-16-17-27-66-56/h14-36H,1-13H3. The largest absolute Gasteiger partial charge is 0.457 e. The molecule has 12 rings (SSSR count). The molecule has 0 radical (unpaired) electrons. The normalized spacial score (nSPS) is 14.1. The number of aryl methyl sites for hydroxylation is 1. The third-order valence-electron chi connectivity index (χ3n) is 15.3. The van der Waals surface area contributed by atoms with Crippen LogP contribution in [0.5, 0.6) is 11.5 Å². The Bertz CT molecular complexity index is 3750. The first-order valence-electron chi connectivity index (χ1n) is 25.1. The number of para-hydroxylation sites is 2. The number of benzene rings is 6. The van der Waals surface area contributed by atoms with Crippen molar-refractivity contribution in [2.75, 3.05) is 0 Å². The van der Waals surface area contributed by atoms with E-state index in [1.807, 2.05) is 24.4 Å². The lowest BCUT2D eigenvalue weighted by Crippen LogP contribution is -2.38. The van der Waals surface area contributed by atoms with Crippen LogP contribution in [0.25, 0.3) is 66.7 Å². The summed E-state index contributed by atoms with van der Waals surface area (Å²) in [7, 11) is 2.12. The van der Waals surface area contributed by atoms with Gasteiger partial charge in [-0.15, -0.1) is 0 Å². The minimum atomic E-state index is -0.695. The van der Waals surface area contributed by atoms with Crippen LogP contribution in [0.3, 0.4) is 0 Å². The third-order valence-corrected chi connectivity index (χ3v) is 15.3. The van der Waals surface area contributed by atoms with E-state index in [2.05, 4.69) is 218 Å². The predicted molar refractivity (Wildman–Crippen MR) is 289 cm³/mol. The van der Waals surface area contributed by atoms with E-state index < -0.39 is 5.41 Å². The van der Waals surface area contributed by atoms with Gasteiger partial charge in [0.05, 0.1) is 45.9 Å². The molecule has 1 spiro atoms. The van der Waals surface area contributed by atoms with Crippen LogP contribution in [0.4, 0.5) is 0 Å². The van der Waals surface area contributed by atoms with Gasteiger partial charge in [-0.3, -0.25) is 4.57 Å². The molecule has 10 aromatic rings. The summed E-state index contributed by atoms with van der Waals surface area (Å²) in [6.07, 6.45) is 9.04. The number of hydrogen-bond donors (Lipinski definition) is 0. The fourth-order valence-corrected chi connectivity index (χ4v) is 11.8. The highest BCUT2D eigenvalue weighted by molar-refractivity contribution is 6.11. The van der Waals surface area contributed by atoms with Crippen molar-refractivity contribution >= 4 is 32.8 Å². The van der Waals surface area contributed by atoms with E-state index in [-0.39, 0.29) is 21.7 Å². The second-order valence-electron chi connectivity index (χ2n) is 24.1. The summed E-state index contributed by atoms with van der Waals surface area (Å²) in [6.45, 7) is 28.5. The Kier molecular flexibility index (Phi) is 9.51. The predicted octanol–water partition coefficient (Wildman–Crippen LogP) is 14.9. The zero-order valence-electron chi connectivity index (χ0n) is 43.4. The monoisotopic (exact) mass is 930 g/mol. The van der Waals surface area contributed by atoms with Gasteiger partial charge in [0.2, 0.25) is 6.33 Å². The number of nitrogens with zero attached hydrogens (tertiary/aromatic N) is 6. The highest BCUT2D eigenvalue weighted by Crippen LogP contribution is 2.65. The maximum Gasteiger partial charge on any atom is 0.244 e. The van der Waals surface area contributed by atoms with Gasteiger partial charge in [0, 0.05) is 34.8 Å². The molecule has 0 bridgehead atoms. The van der Waals surface area contributed by atoms with Crippen LogP contribution in [-0.4, -0.2) is 24.1 Å². The molecular formula is C64H62N6O. The number of rotatable bonds is 4. The molecule has 1 aliphatic carbocycles. The summed E-state index contributed by atoms with van der Waals surface area (Å²) >= 11 is 0. The Morgan fingerprint density at radius 1 is 0.563 bits per heavy atom. The maximum absolute atomic E-state index is 7.34. The van der Waals surface area contributed by atoms with E-state index in [4.69, 9.17) is 14.7 Å². The second-order valence-corrected chi connectivity index (χ2v) is 24.1. The van der Waals surface area contributed by atoms with E-state index in [0.717, 1.165) is 55.6 Å². The smallest absolute Gasteiger partial charge is 0.244 e. The Labute approximate surface area is 417 Å². The molecule has 7 nitrogen and oxygen atoms in total. The summed E-state index contributed by atoms with van der Waals surface area (Å²) in [4.78, 5) is 13.9. The van der Waals surface area contributed by atoms with Crippen molar-refractivity contribution in [3.05, 3.63) is 191 Å². The molecular weight excluding hydrogens is 869 g/mol. The van der Waals surface area contributed by atoms with Gasteiger partial charge in [-0.05, 0) is 120 Å². The molecule has 6 aromatic carbocycles. The molecule has 0 atom stereocenters. The second kappa shape index (κ2) is 15.1. The Balaban J connectivity index is 1.19. The number of ether oxygens (including phenoxy) is 1. The van der Waals surface area contributed by atoms with Crippen molar-refractivity contribution < 1.29 is 9.30 Å². The number of imidazole rings is 1. The van der Waals surface area contributed by atoms with Gasteiger partial charge >= 0.3 is 0 Å². The molecule has 0 unspecified atom stereocenters. The van der Waals surface area contributed by atoms with Gasteiger partial charge in [-0.1, -0.05) is 156 Å². The molecule has 2 aliphatic rings. The minimum absolute atomic E-state index is 0.0762.